The van der Waals surface area contributed by atoms with Crippen LogP contribution < -0.4 is 5.73 Å². The molecule has 2 heterocycles. The summed E-state index contributed by atoms with van der Waals surface area (Å²) in [5, 5.41) is 0. The lowest BCUT2D eigenvalue weighted by atomic mass is 10.3. The Hall–Kier alpha value is -1.55. The van der Waals surface area contributed by atoms with E-state index in [-0.39, 0.29) is 0 Å². The van der Waals surface area contributed by atoms with Gasteiger partial charge in [0.05, 0.1) is 19.1 Å². The number of rotatable bonds is 3. The maximum absolute atomic E-state index is 5.46. The van der Waals surface area contributed by atoms with Crippen molar-refractivity contribution in [2.75, 3.05) is 0 Å². The van der Waals surface area contributed by atoms with Crippen LogP contribution >= 0.6 is 0 Å². The minimum Gasteiger partial charge on any atom is -0.467 e. The summed E-state index contributed by atoms with van der Waals surface area (Å²) in [6, 6.07) is 1.96. The highest BCUT2D eigenvalue weighted by Gasteiger charge is 2.00. The summed E-state index contributed by atoms with van der Waals surface area (Å²) in [5.74, 6) is 0.901. The van der Waals surface area contributed by atoms with Crippen LogP contribution in [0.1, 0.15) is 11.3 Å². The lowest BCUT2D eigenvalue weighted by Crippen LogP contribution is -1.95. The van der Waals surface area contributed by atoms with Gasteiger partial charge < -0.3 is 14.7 Å². The third-order valence-corrected chi connectivity index (χ3v) is 1.84. The smallest absolute Gasteiger partial charge is 0.123 e. The Bertz CT molecular complexity index is 364. The van der Waals surface area contributed by atoms with E-state index in [1.165, 1.54) is 0 Å². The van der Waals surface area contributed by atoms with Gasteiger partial charge in [-0.3, -0.25) is 0 Å². The van der Waals surface area contributed by atoms with E-state index < -0.39 is 0 Å². The second-order valence-electron chi connectivity index (χ2n) is 2.86. The zero-order valence-corrected chi connectivity index (χ0v) is 7.18. The monoisotopic (exact) mass is 177 g/mol. The van der Waals surface area contributed by atoms with Crippen molar-refractivity contribution in [2.24, 2.45) is 5.73 Å². The summed E-state index contributed by atoms with van der Waals surface area (Å²) in [7, 11) is 0. The van der Waals surface area contributed by atoms with Gasteiger partial charge in [0.25, 0.3) is 0 Å². The van der Waals surface area contributed by atoms with Crippen LogP contribution in [0.25, 0.3) is 0 Å². The molecule has 2 aromatic rings. The van der Waals surface area contributed by atoms with E-state index in [1.807, 2.05) is 16.8 Å². The first kappa shape index (κ1) is 8.07. The largest absolute Gasteiger partial charge is 0.467 e. The molecule has 0 unspecified atom stereocenters. The van der Waals surface area contributed by atoms with Crippen molar-refractivity contribution in [3.05, 3.63) is 42.4 Å². The van der Waals surface area contributed by atoms with E-state index in [1.54, 1.807) is 18.8 Å². The molecule has 4 nitrogen and oxygen atoms in total. The fourth-order valence-electron chi connectivity index (χ4n) is 1.18. The Morgan fingerprint density at radius 2 is 2.46 bits per heavy atom. The summed E-state index contributed by atoms with van der Waals surface area (Å²) >= 11 is 0. The van der Waals surface area contributed by atoms with Gasteiger partial charge in [0.2, 0.25) is 0 Å². The van der Waals surface area contributed by atoms with E-state index >= 15 is 0 Å². The van der Waals surface area contributed by atoms with Gasteiger partial charge in [-0.15, -0.1) is 0 Å². The number of hydrogen-bond donors (Lipinski definition) is 1. The number of aromatic nitrogens is 2. The predicted octanol–water partition coefficient (Wildman–Crippen LogP) is 0.983. The average molecular weight is 177 g/mol. The Balaban J connectivity index is 2.10. The molecule has 0 aliphatic carbocycles. The van der Waals surface area contributed by atoms with Crippen LogP contribution in [0.5, 0.6) is 0 Å². The molecule has 0 fully saturated rings. The van der Waals surface area contributed by atoms with Crippen LogP contribution in [0.4, 0.5) is 0 Å². The summed E-state index contributed by atoms with van der Waals surface area (Å²) < 4.78 is 7.24. The second kappa shape index (κ2) is 3.45. The Morgan fingerprint density at radius 3 is 3.08 bits per heavy atom. The molecule has 0 atom stereocenters. The van der Waals surface area contributed by atoms with Crippen LogP contribution in [-0.2, 0) is 13.1 Å². The lowest BCUT2D eigenvalue weighted by Gasteiger charge is -1.95. The van der Waals surface area contributed by atoms with Gasteiger partial charge in [0.15, 0.2) is 0 Å². The average Bonchev–Trinajstić information content (AvgIpc) is 2.76. The van der Waals surface area contributed by atoms with Gasteiger partial charge in [0, 0.05) is 24.5 Å². The van der Waals surface area contributed by atoms with Crippen LogP contribution in [0.15, 0.2) is 35.5 Å². The summed E-state index contributed by atoms with van der Waals surface area (Å²) in [6.07, 6.45) is 7.08. The fourth-order valence-corrected chi connectivity index (χ4v) is 1.18. The van der Waals surface area contributed by atoms with E-state index in [2.05, 4.69) is 4.98 Å². The number of nitrogens with two attached hydrogens (primary N) is 1. The second-order valence-corrected chi connectivity index (χ2v) is 2.86. The quantitative estimate of drug-likeness (QED) is 0.760. The molecular formula is C9H11N3O. The molecule has 2 aromatic heterocycles. The molecule has 0 saturated heterocycles. The van der Waals surface area contributed by atoms with Crippen LogP contribution in [0.3, 0.4) is 0 Å². The Morgan fingerprint density at radius 1 is 1.54 bits per heavy atom. The van der Waals surface area contributed by atoms with Crippen molar-refractivity contribution in [2.45, 2.75) is 13.1 Å². The topological polar surface area (TPSA) is 57.0 Å². The normalized spacial score (nSPS) is 10.5. The van der Waals surface area contributed by atoms with Gasteiger partial charge in [-0.05, 0) is 6.07 Å². The van der Waals surface area contributed by atoms with Crippen LogP contribution in [0.2, 0.25) is 0 Å². The molecule has 4 heteroatoms. The number of nitrogens with zero attached hydrogens (tertiary/aromatic N) is 2. The lowest BCUT2D eigenvalue weighted by molar-refractivity contribution is 0.492. The van der Waals surface area contributed by atoms with Gasteiger partial charge in [-0.2, -0.15) is 0 Å². The third-order valence-electron chi connectivity index (χ3n) is 1.84. The predicted molar refractivity (Wildman–Crippen MR) is 47.9 cm³/mol. The molecule has 13 heavy (non-hydrogen) atoms. The maximum Gasteiger partial charge on any atom is 0.123 e. The molecule has 2 N–H and O–H groups in total. The highest BCUT2D eigenvalue weighted by Crippen LogP contribution is 2.08. The van der Waals surface area contributed by atoms with Crippen molar-refractivity contribution in [1.29, 1.82) is 0 Å². The first-order chi connectivity index (χ1) is 6.38. The maximum atomic E-state index is 5.46. The zero-order chi connectivity index (χ0) is 9.10. The van der Waals surface area contributed by atoms with Crippen LogP contribution in [-0.4, -0.2) is 9.55 Å². The van der Waals surface area contributed by atoms with Gasteiger partial charge in [-0.1, -0.05) is 0 Å². The van der Waals surface area contributed by atoms with Gasteiger partial charge >= 0.3 is 0 Å². The van der Waals surface area contributed by atoms with E-state index in [4.69, 9.17) is 10.2 Å². The summed E-state index contributed by atoms with van der Waals surface area (Å²) in [5.41, 5.74) is 6.48. The number of hydrogen-bond acceptors (Lipinski definition) is 3. The highest BCUT2D eigenvalue weighted by atomic mass is 16.3. The van der Waals surface area contributed by atoms with Crippen molar-refractivity contribution < 1.29 is 4.42 Å². The SMILES string of the molecule is NCc1coc(Cn2ccnc2)c1. The molecule has 0 amide bonds. The van der Waals surface area contributed by atoms with Crippen molar-refractivity contribution in [3.8, 4) is 0 Å². The van der Waals surface area contributed by atoms with E-state index in [0.717, 1.165) is 11.3 Å². The molecule has 0 bridgehead atoms. The van der Waals surface area contributed by atoms with Crippen molar-refractivity contribution >= 4 is 0 Å². The Kier molecular flexibility index (Phi) is 2.14. The highest BCUT2D eigenvalue weighted by molar-refractivity contribution is 5.12. The fraction of sp³-hybridized carbons (Fsp3) is 0.222. The Labute approximate surface area is 76.0 Å². The molecular weight excluding hydrogens is 166 g/mol. The molecule has 0 aliphatic heterocycles. The minimum absolute atomic E-state index is 0.521. The molecule has 0 radical (unpaired) electrons. The summed E-state index contributed by atoms with van der Waals surface area (Å²) in [6.45, 7) is 1.23. The van der Waals surface area contributed by atoms with E-state index in [9.17, 15) is 0 Å². The summed E-state index contributed by atoms with van der Waals surface area (Å²) in [4.78, 5) is 3.94. The van der Waals surface area contributed by atoms with Gasteiger partial charge in [0.1, 0.15) is 5.76 Å². The minimum atomic E-state index is 0.521. The van der Waals surface area contributed by atoms with Crippen molar-refractivity contribution in [1.82, 2.24) is 9.55 Å². The van der Waals surface area contributed by atoms with Gasteiger partial charge in [-0.25, -0.2) is 4.98 Å². The number of imidazole rings is 1. The third kappa shape index (κ3) is 1.78. The molecule has 0 aliphatic rings. The molecule has 68 valence electrons. The van der Waals surface area contributed by atoms with Crippen LogP contribution in [0, 0.1) is 0 Å². The van der Waals surface area contributed by atoms with Crippen molar-refractivity contribution in [3.63, 3.8) is 0 Å². The standard InChI is InChI=1S/C9H11N3O/c10-4-8-3-9(13-6-8)5-12-2-1-11-7-12/h1-3,6-7H,4-5,10H2. The molecule has 2 rings (SSSR count). The number of furan rings is 1. The molecule has 0 spiro atoms. The first-order valence-corrected chi connectivity index (χ1v) is 4.10. The first-order valence-electron chi connectivity index (χ1n) is 4.10. The zero-order valence-electron chi connectivity index (χ0n) is 7.18. The molecule has 0 aromatic carbocycles. The molecule has 0 saturated carbocycles. The van der Waals surface area contributed by atoms with E-state index in [0.29, 0.717) is 13.1 Å².